The number of aromatic amines is 1. The number of nitrogens with zero attached hydrogens (tertiary/aromatic N) is 2. The van der Waals surface area contributed by atoms with Crippen molar-refractivity contribution >= 4 is 22.4 Å². The van der Waals surface area contributed by atoms with E-state index < -0.39 is 0 Å². The molecule has 0 atom stereocenters. The van der Waals surface area contributed by atoms with Gasteiger partial charge in [-0.15, -0.1) is 0 Å². The van der Waals surface area contributed by atoms with Crippen LogP contribution < -0.4 is 10.9 Å². The Morgan fingerprint density at radius 2 is 1.85 bits per heavy atom. The summed E-state index contributed by atoms with van der Waals surface area (Å²) in [4.78, 5) is 16.4. The third-order valence-electron chi connectivity index (χ3n) is 4.78. The van der Waals surface area contributed by atoms with Gasteiger partial charge < -0.3 is 10.3 Å². The smallest absolute Gasteiger partial charge is 0.262 e. The van der Waals surface area contributed by atoms with Gasteiger partial charge in [-0.2, -0.15) is 5.26 Å². The molecule has 0 saturated heterocycles. The summed E-state index contributed by atoms with van der Waals surface area (Å²) in [5.41, 5.74) is 6.00. The summed E-state index contributed by atoms with van der Waals surface area (Å²) in [6.07, 6.45) is 0. The maximum Gasteiger partial charge on any atom is 0.262 e. The summed E-state index contributed by atoms with van der Waals surface area (Å²) in [6, 6.07) is 17.8. The number of hydrogen-bond acceptors (Lipinski definition) is 3. The predicted octanol–water partition coefficient (Wildman–Crippen LogP) is 3.88. The lowest BCUT2D eigenvalue weighted by Gasteiger charge is -2.11. The number of rotatable bonds is 3. The van der Waals surface area contributed by atoms with Crippen molar-refractivity contribution < 1.29 is 0 Å². The van der Waals surface area contributed by atoms with Crippen LogP contribution in [0.5, 0.6) is 0 Å². The highest BCUT2D eigenvalue weighted by Crippen LogP contribution is 2.21. The number of fused-ring (bicyclic) bond motifs is 3. The maximum atomic E-state index is 13.2. The van der Waals surface area contributed by atoms with Crippen molar-refractivity contribution in [1.29, 1.82) is 5.26 Å². The molecule has 0 aliphatic rings. The molecule has 0 saturated carbocycles. The van der Waals surface area contributed by atoms with Crippen molar-refractivity contribution in [2.24, 2.45) is 0 Å². The number of hydrogen-bond donors (Lipinski definition) is 2. The minimum atomic E-state index is -0.103. The second-order valence-corrected chi connectivity index (χ2v) is 6.44. The molecule has 4 rings (SSSR count). The SMILES string of the molecule is Cc1ccc(NCc2c(C)c(C#N)c3[nH]c4ccccc4n3c2=O)cc1. The Morgan fingerprint density at radius 3 is 2.58 bits per heavy atom. The summed E-state index contributed by atoms with van der Waals surface area (Å²) in [5.74, 6) is 0. The van der Waals surface area contributed by atoms with Crippen molar-refractivity contribution in [3.05, 3.63) is 81.1 Å². The van der Waals surface area contributed by atoms with Crippen LogP contribution in [0.2, 0.25) is 0 Å². The zero-order valence-corrected chi connectivity index (χ0v) is 14.6. The minimum Gasteiger partial charge on any atom is -0.381 e. The standard InChI is InChI=1S/C21H18N4O/c1-13-7-9-15(10-8-13)23-12-17-14(2)16(11-22)20-24-18-5-3-4-6-19(18)25(20)21(17)26/h3-10,23-24H,12H2,1-2H3. The second-order valence-electron chi connectivity index (χ2n) is 6.44. The molecule has 5 nitrogen and oxygen atoms in total. The fourth-order valence-electron chi connectivity index (χ4n) is 3.29. The van der Waals surface area contributed by atoms with Crippen molar-refractivity contribution in [1.82, 2.24) is 9.38 Å². The van der Waals surface area contributed by atoms with Gasteiger partial charge in [-0.25, -0.2) is 0 Å². The van der Waals surface area contributed by atoms with Crippen LogP contribution in [-0.4, -0.2) is 9.38 Å². The molecule has 0 spiro atoms. The Labute approximate surface area is 150 Å². The maximum absolute atomic E-state index is 13.2. The largest absolute Gasteiger partial charge is 0.381 e. The lowest BCUT2D eigenvalue weighted by Crippen LogP contribution is -2.23. The number of para-hydroxylation sites is 2. The van der Waals surface area contributed by atoms with E-state index in [0.717, 1.165) is 16.7 Å². The van der Waals surface area contributed by atoms with E-state index in [2.05, 4.69) is 16.4 Å². The average molecular weight is 342 g/mol. The van der Waals surface area contributed by atoms with Crippen molar-refractivity contribution in [2.75, 3.05) is 5.32 Å². The summed E-state index contributed by atoms with van der Waals surface area (Å²) in [7, 11) is 0. The van der Waals surface area contributed by atoms with Gasteiger partial charge in [0, 0.05) is 17.8 Å². The summed E-state index contributed by atoms with van der Waals surface area (Å²) < 4.78 is 1.60. The molecule has 0 radical (unpaired) electrons. The molecular formula is C21H18N4O. The quantitative estimate of drug-likeness (QED) is 0.593. The Morgan fingerprint density at radius 1 is 1.12 bits per heavy atom. The van der Waals surface area contributed by atoms with Crippen LogP contribution in [0.3, 0.4) is 0 Å². The van der Waals surface area contributed by atoms with Crippen LogP contribution in [0, 0.1) is 25.2 Å². The zero-order chi connectivity index (χ0) is 18.3. The molecule has 5 heteroatoms. The zero-order valence-electron chi connectivity index (χ0n) is 14.6. The van der Waals surface area contributed by atoms with Crippen LogP contribution in [0.15, 0.2) is 53.3 Å². The third kappa shape index (κ3) is 2.44. The first-order valence-corrected chi connectivity index (χ1v) is 8.45. The minimum absolute atomic E-state index is 0.103. The Kier molecular flexibility index (Phi) is 3.74. The van der Waals surface area contributed by atoms with Gasteiger partial charge in [0.2, 0.25) is 0 Å². The van der Waals surface area contributed by atoms with E-state index in [1.165, 1.54) is 5.56 Å². The van der Waals surface area contributed by atoms with E-state index in [9.17, 15) is 10.1 Å². The molecule has 128 valence electrons. The highest BCUT2D eigenvalue weighted by molar-refractivity contribution is 5.83. The van der Waals surface area contributed by atoms with Crippen molar-refractivity contribution in [3.8, 4) is 6.07 Å². The van der Waals surface area contributed by atoms with Gasteiger partial charge in [0.15, 0.2) is 0 Å². The van der Waals surface area contributed by atoms with Crippen LogP contribution >= 0.6 is 0 Å². The van der Waals surface area contributed by atoms with E-state index >= 15 is 0 Å². The fourth-order valence-corrected chi connectivity index (χ4v) is 3.29. The molecule has 0 amide bonds. The van der Waals surface area contributed by atoms with Crippen molar-refractivity contribution in [2.45, 2.75) is 20.4 Å². The fraction of sp³-hybridized carbons (Fsp3) is 0.143. The summed E-state index contributed by atoms with van der Waals surface area (Å²) in [6.45, 7) is 4.23. The average Bonchev–Trinajstić information content (AvgIpc) is 3.03. The highest BCUT2D eigenvalue weighted by Gasteiger charge is 2.18. The topological polar surface area (TPSA) is 73.1 Å². The number of imidazole rings is 1. The number of anilines is 1. The number of H-pyrrole nitrogens is 1. The van der Waals surface area contributed by atoms with E-state index in [4.69, 9.17) is 0 Å². The monoisotopic (exact) mass is 342 g/mol. The van der Waals surface area contributed by atoms with E-state index in [0.29, 0.717) is 28.9 Å². The lowest BCUT2D eigenvalue weighted by molar-refractivity contribution is 1.01. The van der Waals surface area contributed by atoms with E-state index in [1.807, 2.05) is 62.4 Å². The van der Waals surface area contributed by atoms with Crippen molar-refractivity contribution in [3.63, 3.8) is 0 Å². The Hall–Kier alpha value is -3.52. The van der Waals surface area contributed by atoms with Gasteiger partial charge >= 0.3 is 0 Å². The molecule has 2 heterocycles. The van der Waals surface area contributed by atoms with Crippen LogP contribution in [0.4, 0.5) is 5.69 Å². The van der Waals surface area contributed by atoms with Gasteiger partial charge in [0.05, 0.1) is 16.6 Å². The summed E-state index contributed by atoms with van der Waals surface area (Å²) in [5, 5.41) is 13.0. The van der Waals surface area contributed by atoms with Gasteiger partial charge in [0.25, 0.3) is 5.56 Å². The molecule has 0 unspecified atom stereocenters. The predicted molar refractivity (Wildman–Crippen MR) is 103 cm³/mol. The second kappa shape index (κ2) is 6.08. The normalized spacial score (nSPS) is 11.0. The molecule has 2 aromatic carbocycles. The molecule has 0 bridgehead atoms. The number of pyridine rings is 1. The molecule has 0 aliphatic heterocycles. The van der Waals surface area contributed by atoms with Gasteiger partial charge in [-0.3, -0.25) is 9.20 Å². The molecule has 4 aromatic rings. The highest BCUT2D eigenvalue weighted by atomic mass is 16.1. The number of nitrogens with one attached hydrogen (secondary N) is 2. The number of aromatic nitrogens is 2. The first-order valence-electron chi connectivity index (χ1n) is 8.45. The van der Waals surface area contributed by atoms with Crippen LogP contribution in [-0.2, 0) is 6.54 Å². The summed E-state index contributed by atoms with van der Waals surface area (Å²) >= 11 is 0. The lowest BCUT2D eigenvalue weighted by atomic mass is 10.1. The van der Waals surface area contributed by atoms with E-state index in [-0.39, 0.29) is 5.56 Å². The third-order valence-corrected chi connectivity index (χ3v) is 4.78. The molecule has 26 heavy (non-hydrogen) atoms. The van der Waals surface area contributed by atoms with Gasteiger partial charge in [-0.1, -0.05) is 29.8 Å². The molecule has 0 fully saturated rings. The Bertz CT molecular complexity index is 1220. The first kappa shape index (κ1) is 16.0. The number of benzene rings is 2. The van der Waals surface area contributed by atoms with Crippen LogP contribution in [0.25, 0.3) is 16.7 Å². The molecule has 0 aliphatic carbocycles. The molecular weight excluding hydrogens is 324 g/mol. The van der Waals surface area contributed by atoms with E-state index in [1.54, 1.807) is 4.40 Å². The van der Waals surface area contributed by atoms with Gasteiger partial charge in [-0.05, 0) is 43.7 Å². The number of nitriles is 1. The van der Waals surface area contributed by atoms with Gasteiger partial charge in [0.1, 0.15) is 11.7 Å². The van der Waals surface area contributed by atoms with Crippen LogP contribution in [0.1, 0.15) is 22.3 Å². The first-order chi connectivity index (χ1) is 12.6. The molecule has 2 aromatic heterocycles. The Balaban J connectivity index is 1.89. The molecule has 2 N–H and O–H groups in total. The number of aryl methyl sites for hydroxylation is 1.